The minimum Gasteiger partial charge on any atom is -0.351 e. The zero-order chi connectivity index (χ0) is 14.7. The first kappa shape index (κ1) is 14.4. The second-order valence-corrected chi connectivity index (χ2v) is 5.61. The third-order valence-electron chi connectivity index (χ3n) is 3.21. The number of nitrogens with zero attached hydrogens (tertiary/aromatic N) is 5. The number of anilines is 1. The number of aryl methyl sites for hydroxylation is 2. The molecule has 2 rings (SSSR count). The molecule has 20 heavy (non-hydrogen) atoms. The van der Waals surface area contributed by atoms with E-state index in [4.69, 9.17) is 0 Å². The van der Waals surface area contributed by atoms with E-state index < -0.39 is 0 Å². The highest BCUT2D eigenvalue weighted by molar-refractivity contribution is 7.09. The molecule has 6 heteroatoms. The Labute approximate surface area is 122 Å². The predicted molar refractivity (Wildman–Crippen MR) is 79.8 cm³/mol. The Bertz CT molecular complexity index is 656. The van der Waals surface area contributed by atoms with Crippen molar-refractivity contribution >= 4 is 17.2 Å². The fourth-order valence-electron chi connectivity index (χ4n) is 1.90. The maximum absolute atomic E-state index is 9.32. The fourth-order valence-corrected chi connectivity index (χ4v) is 2.63. The van der Waals surface area contributed by atoms with Crippen molar-refractivity contribution in [1.82, 2.24) is 15.2 Å². The monoisotopic (exact) mass is 287 g/mol. The van der Waals surface area contributed by atoms with Crippen LogP contribution < -0.4 is 4.90 Å². The fraction of sp³-hybridized carbons (Fsp3) is 0.429. The van der Waals surface area contributed by atoms with Gasteiger partial charge in [0.05, 0.1) is 22.9 Å². The minimum absolute atomic E-state index is 0.589. The van der Waals surface area contributed by atoms with Crippen LogP contribution in [0.2, 0.25) is 0 Å². The molecular formula is C14H17N5S. The molecule has 0 saturated heterocycles. The van der Waals surface area contributed by atoms with Crippen molar-refractivity contribution in [3.8, 4) is 6.07 Å². The van der Waals surface area contributed by atoms with Gasteiger partial charge in [-0.1, -0.05) is 6.92 Å². The smallest absolute Gasteiger partial charge is 0.169 e. The molecule has 0 saturated carbocycles. The standard InChI is InChI=1S/C14H17N5S/c1-5-13-16-11(8-20-13)7-19(4)14-12(6-15)9(2)10(3)17-18-14/h8H,5,7H2,1-4H3. The van der Waals surface area contributed by atoms with Crippen LogP contribution in [0.5, 0.6) is 0 Å². The number of nitriles is 1. The Kier molecular flexibility index (Phi) is 4.30. The summed E-state index contributed by atoms with van der Waals surface area (Å²) < 4.78 is 0. The third-order valence-corrected chi connectivity index (χ3v) is 4.25. The summed E-state index contributed by atoms with van der Waals surface area (Å²) in [5.74, 6) is 0.613. The van der Waals surface area contributed by atoms with Crippen LogP contribution in [0.15, 0.2) is 5.38 Å². The van der Waals surface area contributed by atoms with Crippen molar-refractivity contribution < 1.29 is 0 Å². The Morgan fingerprint density at radius 3 is 2.70 bits per heavy atom. The van der Waals surface area contributed by atoms with Gasteiger partial charge in [-0.15, -0.1) is 16.4 Å². The molecular weight excluding hydrogens is 270 g/mol. The van der Waals surface area contributed by atoms with Crippen LogP contribution in [-0.2, 0) is 13.0 Å². The van der Waals surface area contributed by atoms with Crippen LogP contribution in [-0.4, -0.2) is 22.2 Å². The molecule has 0 aliphatic heterocycles. The first-order valence-corrected chi connectivity index (χ1v) is 7.33. The summed E-state index contributed by atoms with van der Waals surface area (Å²) in [7, 11) is 1.91. The molecule has 5 nitrogen and oxygen atoms in total. The summed E-state index contributed by atoms with van der Waals surface area (Å²) in [5, 5.41) is 20.8. The summed E-state index contributed by atoms with van der Waals surface area (Å²) >= 11 is 1.66. The highest BCUT2D eigenvalue weighted by Gasteiger charge is 2.15. The first-order valence-electron chi connectivity index (χ1n) is 6.45. The lowest BCUT2D eigenvalue weighted by Crippen LogP contribution is -2.20. The van der Waals surface area contributed by atoms with Gasteiger partial charge in [-0.05, 0) is 25.8 Å². The third kappa shape index (κ3) is 2.78. The highest BCUT2D eigenvalue weighted by Crippen LogP contribution is 2.22. The van der Waals surface area contributed by atoms with Gasteiger partial charge in [0.2, 0.25) is 0 Å². The molecule has 0 fully saturated rings. The van der Waals surface area contributed by atoms with Gasteiger partial charge < -0.3 is 4.90 Å². The maximum Gasteiger partial charge on any atom is 0.169 e. The van der Waals surface area contributed by atoms with Crippen molar-refractivity contribution in [2.75, 3.05) is 11.9 Å². The van der Waals surface area contributed by atoms with E-state index in [1.807, 2.05) is 25.8 Å². The van der Waals surface area contributed by atoms with Gasteiger partial charge in [0.15, 0.2) is 5.82 Å². The van der Waals surface area contributed by atoms with E-state index in [1.54, 1.807) is 11.3 Å². The van der Waals surface area contributed by atoms with Crippen LogP contribution >= 0.6 is 11.3 Å². The second kappa shape index (κ2) is 5.97. The Morgan fingerprint density at radius 1 is 1.35 bits per heavy atom. The molecule has 0 spiro atoms. The van der Waals surface area contributed by atoms with E-state index in [0.29, 0.717) is 17.9 Å². The number of hydrogen-bond acceptors (Lipinski definition) is 6. The van der Waals surface area contributed by atoms with E-state index in [1.165, 1.54) is 0 Å². The van der Waals surface area contributed by atoms with Crippen molar-refractivity contribution in [3.63, 3.8) is 0 Å². The Balaban J connectivity index is 2.27. The molecule has 0 aliphatic rings. The van der Waals surface area contributed by atoms with Gasteiger partial charge in [0.1, 0.15) is 11.6 Å². The van der Waals surface area contributed by atoms with Gasteiger partial charge in [-0.3, -0.25) is 0 Å². The van der Waals surface area contributed by atoms with Crippen LogP contribution in [0, 0.1) is 25.2 Å². The summed E-state index contributed by atoms with van der Waals surface area (Å²) in [5.41, 5.74) is 3.27. The van der Waals surface area contributed by atoms with Crippen molar-refractivity contribution in [2.45, 2.75) is 33.7 Å². The summed E-state index contributed by atoms with van der Waals surface area (Å²) in [6, 6.07) is 2.23. The largest absolute Gasteiger partial charge is 0.351 e. The molecule has 0 amide bonds. The van der Waals surface area contributed by atoms with Crippen molar-refractivity contribution in [2.24, 2.45) is 0 Å². The minimum atomic E-state index is 0.589. The topological polar surface area (TPSA) is 65.7 Å². The molecule has 0 bridgehead atoms. The van der Waals surface area contributed by atoms with Crippen molar-refractivity contribution in [3.05, 3.63) is 32.9 Å². The number of thiazole rings is 1. The Hall–Kier alpha value is -2.00. The lowest BCUT2D eigenvalue weighted by Gasteiger charge is -2.18. The Morgan fingerprint density at radius 2 is 2.10 bits per heavy atom. The molecule has 0 aromatic carbocycles. The molecule has 0 N–H and O–H groups in total. The summed E-state index contributed by atoms with van der Waals surface area (Å²) in [6.07, 6.45) is 0.946. The molecule has 0 aliphatic carbocycles. The first-order chi connectivity index (χ1) is 9.56. The molecule has 2 aromatic heterocycles. The van der Waals surface area contributed by atoms with Gasteiger partial charge in [-0.25, -0.2) is 4.98 Å². The van der Waals surface area contributed by atoms with E-state index in [-0.39, 0.29) is 0 Å². The van der Waals surface area contributed by atoms with Gasteiger partial charge in [0, 0.05) is 12.4 Å². The van der Waals surface area contributed by atoms with E-state index in [0.717, 1.165) is 28.4 Å². The predicted octanol–water partition coefficient (Wildman–Crippen LogP) is 2.62. The quantitative estimate of drug-likeness (QED) is 0.864. The maximum atomic E-state index is 9.32. The zero-order valence-corrected chi connectivity index (χ0v) is 13.0. The lowest BCUT2D eigenvalue weighted by atomic mass is 10.1. The average Bonchev–Trinajstić information content (AvgIpc) is 2.89. The van der Waals surface area contributed by atoms with E-state index >= 15 is 0 Å². The normalized spacial score (nSPS) is 10.3. The molecule has 2 aromatic rings. The van der Waals surface area contributed by atoms with Crippen LogP contribution in [0.3, 0.4) is 0 Å². The zero-order valence-electron chi connectivity index (χ0n) is 12.1. The van der Waals surface area contributed by atoms with Crippen molar-refractivity contribution in [1.29, 1.82) is 5.26 Å². The van der Waals surface area contributed by atoms with Crippen LogP contribution in [0.4, 0.5) is 5.82 Å². The van der Waals surface area contributed by atoms with Crippen LogP contribution in [0.1, 0.15) is 34.4 Å². The molecule has 0 atom stereocenters. The van der Waals surface area contributed by atoms with Gasteiger partial charge in [-0.2, -0.15) is 10.4 Å². The summed E-state index contributed by atoms with van der Waals surface area (Å²) in [6.45, 7) is 6.48. The summed E-state index contributed by atoms with van der Waals surface area (Å²) in [4.78, 5) is 6.46. The number of aromatic nitrogens is 3. The van der Waals surface area contributed by atoms with E-state index in [2.05, 4.69) is 33.6 Å². The molecule has 2 heterocycles. The highest BCUT2D eigenvalue weighted by atomic mass is 32.1. The average molecular weight is 287 g/mol. The SMILES string of the molecule is CCc1nc(CN(C)c2nnc(C)c(C)c2C#N)cs1. The second-order valence-electron chi connectivity index (χ2n) is 4.66. The number of rotatable bonds is 4. The lowest BCUT2D eigenvalue weighted by molar-refractivity contribution is 0.828. The van der Waals surface area contributed by atoms with Gasteiger partial charge >= 0.3 is 0 Å². The van der Waals surface area contributed by atoms with Crippen LogP contribution in [0.25, 0.3) is 0 Å². The molecule has 0 unspecified atom stereocenters. The molecule has 104 valence electrons. The van der Waals surface area contributed by atoms with E-state index in [9.17, 15) is 5.26 Å². The molecule has 0 radical (unpaired) electrons. The number of hydrogen-bond donors (Lipinski definition) is 0. The van der Waals surface area contributed by atoms with Gasteiger partial charge in [0.25, 0.3) is 0 Å².